The van der Waals surface area contributed by atoms with Gasteiger partial charge in [-0.15, -0.1) is 24.8 Å². The molecule has 0 aliphatic rings. The maximum Gasteiger partial charge on any atom is 0.264 e. The second-order valence-electron chi connectivity index (χ2n) is 9.20. The van der Waals surface area contributed by atoms with Gasteiger partial charge in [-0.3, -0.25) is 4.31 Å². The van der Waals surface area contributed by atoms with E-state index in [0.717, 1.165) is 48.4 Å². The maximum absolute atomic E-state index is 13.7. The third-order valence-corrected chi connectivity index (χ3v) is 8.83. The minimum absolute atomic E-state index is 0. The van der Waals surface area contributed by atoms with Crippen LogP contribution < -0.4 is 10.0 Å². The van der Waals surface area contributed by atoms with E-state index in [9.17, 15) is 8.42 Å². The quantitative estimate of drug-likeness (QED) is 0.245. The molecule has 0 saturated carbocycles. The first-order chi connectivity index (χ1) is 17.9. The van der Waals surface area contributed by atoms with Gasteiger partial charge < -0.3 is 15.2 Å². The Bertz CT molecular complexity index is 1420. The SMILES string of the molecule is CCN(CC)CCN(c1ccc2c(c1)nc(CCc1ccc(CN)cc1)n2C)S(=O)(=O)c1ccccc1.Cl.Cl. The van der Waals surface area contributed by atoms with E-state index in [1.165, 1.54) is 9.87 Å². The largest absolute Gasteiger partial charge is 0.331 e. The highest BCUT2D eigenvalue weighted by Gasteiger charge is 2.26. The average Bonchev–Trinajstić information content (AvgIpc) is 3.25. The number of sulfonamides is 1. The first-order valence-corrected chi connectivity index (χ1v) is 14.3. The molecule has 4 rings (SSSR count). The van der Waals surface area contributed by atoms with E-state index < -0.39 is 10.0 Å². The van der Waals surface area contributed by atoms with Crippen molar-refractivity contribution in [1.82, 2.24) is 14.5 Å². The number of aryl methyl sites for hydroxylation is 3. The zero-order chi connectivity index (χ0) is 26.4. The highest BCUT2D eigenvalue weighted by Crippen LogP contribution is 2.28. The Morgan fingerprint density at radius 2 is 1.49 bits per heavy atom. The molecule has 2 N–H and O–H groups in total. The summed E-state index contributed by atoms with van der Waals surface area (Å²) in [6.45, 7) is 7.47. The van der Waals surface area contributed by atoms with Crippen LogP contribution in [0.5, 0.6) is 0 Å². The van der Waals surface area contributed by atoms with Gasteiger partial charge in [0.2, 0.25) is 0 Å². The van der Waals surface area contributed by atoms with E-state index in [1.54, 1.807) is 24.3 Å². The van der Waals surface area contributed by atoms with Crippen LogP contribution in [0, 0.1) is 0 Å². The second-order valence-corrected chi connectivity index (χ2v) is 11.1. The van der Waals surface area contributed by atoms with E-state index in [-0.39, 0.29) is 29.7 Å². The van der Waals surface area contributed by atoms with Gasteiger partial charge >= 0.3 is 0 Å². The number of aromatic nitrogens is 2. The number of imidazole rings is 1. The average molecular weight is 593 g/mol. The van der Waals surface area contributed by atoms with Gasteiger partial charge in [-0.25, -0.2) is 13.4 Å². The normalized spacial score (nSPS) is 11.3. The van der Waals surface area contributed by atoms with Crippen molar-refractivity contribution in [2.24, 2.45) is 12.8 Å². The van der Waals surface area contributed by atoms with Gasteiger partial charge in [-0.2, -0.15) is 0 Å². The van der Waals surface area contributed by atoms with Crippen LogP contribution >= 0.6 is 24.8 Å². The molecule has 3 aromatic carbocycles. The Balaban J connectivity index is 0.00000267. The first kappa shape index (κ1) is 32.6. The molecule has 0 atom stereocenters. The van der Waals surface area contributed by atoms with Gasteiger partial charge in [0, 0.05) is 33.1 Å². The van der Waals surface area contributed by atoms with Gasteiger partial charge in [0.05, 0.1) is 21.6 Å². The van der Waals surface area contributed by atoms with Crippen molar-refractivity contribution in [2.45, 2.75) is 38.1 Å². The van der Waals surface area contributed by atoms with Crippen molar-refractivity contribution in [3.05, 3.63) is 89.7 Å². The fourth-order valence-corrected chi connectivity index (χ4v) is 6.06. The Hall–Kier alpha value is -2.62. The fraction of sp³-hybridized carbons (Fsp3) is 0.345. The number of likely N-dealkylation sites (N-methyl/N-ethyl adjacent to an activating group) is 1. The molecule has 0 aliphatic carbocycles. The standard InChI is InChI=1S/C29H37N5O2S.2ClH/c1-4-33(5-2)19-20-34(37(35,36)26-9-7-6-8-10-26)25-16-17-28-27(21-25)31-29(32(28)3)18-15-23-11-13-24(22-30)14-12-23;;/h6-14,16-17,21H,4-5,15,18-20,22,30H2,1-3H3;2*1H. The zero-order valence-electron chi connectivity index (χ0n) is 22.8. The molecule has 0 unspecified atom stereocenters. The molecule has 1 heterocycles. The summed E-state index contributed by atoms with van der Waals surface area (Å²) in [7, 11) is -1.71. The van der Waals surface area contributed by atoms with Crippen molar-refractivity contribution in [2.75, 3.05) is 30.5 Å². The van der Waals surface area contributed by atoms with Gasteiger partial charge in [0.15, 0.2) is 0 Å². The molecule has 0 amide bonds. The maximum atomic E-state index is 13.7. The van der Waals surface area contributed by atoms with Crippen LogP contribution in [0.15, 0.2) is 77.7 Å². The Morgan fingerprint density at radius 3 is 2.10 bits per heavy atom. The molecule has 212 valence electrons. The molecule has 4 aromatic rings. The lowest BCUT2D eigenvalue weighted by Crippen LogP contribution is -2.38. The molecule has 0 radical (unpaired) electrons. The summed E-state index contributed by atoms with van der Waals surface area (Å²) in [5.41, 5.74) is 10.5. The molecule has 39 heavy (non-hydrogen) atoms. The van der Waals surface area contributed by atoms with Crippen LogP contribution in [0.1, 0.15) is 30.8 Å². The summed E-state index contributed by atoms with van der Waals surface area (Å²) in [4.78, 5) is 7.41. The summed E-state index contributed by atoms with van der Waals surface area (Å²) in [6.07, 6.45) is 1.66. The van der Waals surface area contributed by atoms with Crippen LogP contribution in [-0.4, -0.2) is 49.0 Å². The number of rotatable bonds is 12. The van der Waals surface area contributed by atoms with Crippen molar-refractivity contribution >= 4 is 51.6 Å². The number of benzene rings is 3. The second kappa shape index (κ2) is 14.7. The summed E-state index contributed by atoms with van der Waals surface area (Å²) < 4.78 is 31.0. The van der Waals surface area contributed by atoms with E-state index >= 15 is 0 Å². The highest BCUT2D eigenvalue weighted by atomic mass is 35.5. The molecule has 1 aromatic heterocycles. The minimum atomic E-state index is -3.73. The smallest absolute Gasteiger partial charge is 0.264 e. The first-order valence-electron chi connectivity index (χ1n) is 12.9. The molecule has 0 saturated heterocycles. The number of nitrogens with two attached hydrogens (primary N) is 1. The van der Waals surface area contributed by atoms with Crippen LogP contribution in [0.25, 0.3) is 11.0 Å². The lowest BCUT2D eigenvalue weighted by molar-refractivity contribution is 0.313. The third kappa shape index (κ3) is 7.52. The molecular formula is C29H39Cl2N5O2S. The van der Waals surface area contributed by atoms with E-state index in [0.29, 0.717) is 25.3 Å². The van der Waals surface area contributed by atoms with Crippen molar-refractivity contribution in [3.8, 4) is 0 Å². The van der Waals surface area contributed by atoms with Crippen molar-refractivity contribution in [3.63, 3.8) is 0 Å². The minimum Gasteiger partial charge on any atom is -0.331 e. The molecule has 0 spiro atoms. The topological polar surface area (TPSA) is 84.5 Å². The van der Waals surface area contributed by atoms with Gasteiger partial charge in [0.1, 0.15) is 5.82 Å². The lowest BCUT2D eigenvalue weighted by atomic mass is 10.1. The number of halogens is 2. The number of hydrogen-bond acceptors (Lipinski definition) is 5. The zero-order valence-corrected chi connectivity index (χ0v) is 25.2. The van der Waals surface area contributed by atoms with E-state index in [2.05, 4.69) is 47.6 Å². The molecular weight excluding hydrogens is 553 g/mol. The summed E-state index contributed by atoms with van der Waals surface area (Å²) in [6, 6.07) is 22.8. The Kier molecular flexibility index (Phi) is 12.3. The number of fused-ring (bicyclic) bond motifs is 1. The van der Waals surface area contributed by atoms with Crippen molar-refractivity contribution in [1.29, 1.82) is 0 Å². The highest BCUT2D eigenvalue weighted by molar-refractivity contribution is 7.92. The Labute approximate surface area is 244 Å². The molecule has 0 bridgehead atoms. The lowest BCUT2D eigenvalue weighted by Gasteiger charge is -2.27. The Morgan fingerprint density at radius 1 is 0.846 bits per heavy atom. The van der Waals surface area contributed by atoms with Crippen molar-refractivity contribution < 1.29 is 8.42 Å². The number of hydrogen-bond donors (Lipinski definition) is 1. The summed E-state index contributed by atoms with van der Waals surface area (Å²) in [5.74, 6) is 0.968. The van der Waals surface area contributed by atoms with Gasteiger partial charge in [-0.1, -0.05) is 56.3 Å². The third-order valence-electron chi connectivity index (χ3n) is 6.99. The van der Waals surface area contributed by atoms with Crippen LogP contribution in [0.2, 0.25) is 0 Å². The monoisotopic (exact) mass is 591 g/mol. The summed E-state index contributed by atoms with van der Waals surface area (Å²) >= 11 is 0. The molecule has 0 aliphatic heterocycles. The van der Waals surface area contributed by atoms with Gasteiger partial charge in [-0.05, 0) is 61.0 Å². The number of anilines is 1. The van der Waals surface area contributed by atoms with Gasteiger partial charge in [0.25, 0.3) is 10.0 Å². The van der Waals surface area contributed by atoms with Crippen LogP contribution in [-0.2, 0) is 36.5 Å². The molecule has 0 fully saturated rings. The summed E-state index contributed by atoms with van der Waals surface area (Å²) in [5, 5.41) is 0. The van der Waals surface area contributed by atoms with Crippen LogP contribution in [0.3, 0.4) is 0 Å². The predicted octanol–water partition coefficient (Wildman–Crippen LogP) is 5.20. The molecule has 10 heteroatoms. The van der Waals surface area contributed by atoms with E-state index in [4.69, 9.17) is 10.7 Å². The fourth-order valence-electron chi connectivity index (χ4n) is 4.59. The van der Waals surface area contributed by atoms with E-state index in [1.807, 2.05) is 31.3 Å². The number of nitrogens with zero attached hydrogens (tertiary/aromatic N) is 4. The predicted molar refractivity (Wildman–Crippen MR) is 166 cm³/mol. The van der Waals surface area contributed by atoms with Crippen LogP contribution in [0.4, 0.5) is 5.69 Å². The molecule has 7 nitrogen and oxygen atoms in total.